The van der Waals surface area contributed by atoms with Crippen molar-refractivity contribution in [3.63, 3.8) is 0 Å². The lowest BCUT2D eigenvalue weighted by atomic mass is 10.4. The number of fused-ring (bicyclic) bond motifs is 1. The lowest BCUT2D eigenvalue weighted by molar-refractivity contribution is 0.278. The zero-order chi connectivity index (χ0) is 8.55. The van der Waals surface area contributed by atoms with Crippen LogP contribution in [0.2, 0.25) is 5.02 Å². The number of aromatic nitrogens is 2. The van der Waals surface area contributed by atoms with Gasteiger partial charge in [0.25, 0.3) is 0 Å². The second-order valence-corrected chi connectivity index (χ2v) is 2.98. The average Bonchev–Trinajstić information content (AvgIpc) is 2.46. The van der Waals surface area contributed by atoms with E-state index in [1.165, 1.54) is 0 Å². The molecule has 3 nitrogen and oxygen atoms in total. The van der Waals surface area contributed by atoms with Gasteiger partial charge in [0.2, 0.25) is 0 Å². The third-order valence-electron chi connectivity index (χ3n) is 1.66. The predicted octanol–water partition coefficient (Wildman–Crippen LogP) is 1.71. The molecule has 0 unspecified atom stereocenters. The van der Waals surface area contributed by atoms with Gasteiger partial charge in [-0.3, -0.25) is 4.98 Å². The fourth-order valence-corrected chi connectivity index (χ4v) is 1.28. The molecule has 0 atom stereocenters. The van der Waals surface area contributed by atoms with Gasteiger partial charge in [-0.05, 0) is 12.1 Å². The molecule has 0 radical (unpaired) electrons. The van der Waals surface area contributed by atoms with E-state index >= 15 is 0 Å². The number of aromatic amines is 1. The Balaban J connectivity index is 2.67. The van der Waals surface area contributed by atoms with Crippen LogP contribution < -0.4 is 0 Å². The smallest absolute Gasteiger partial charge is 0.0883 e. The first-order valence-corrected chi connectivity index (χ1v) is 3.91. The number of H-pyrrole nitrogens is 1. The van der Waals surface area contributed by atoms with E-state index in [9.17, 15) is 0 Å². The van der Waals surface area contributed by atoms with Gasteiger partial charge in [-0.25, -0.2) is 0 Å². The molecule has 0 saturated heterocycles. The summed E-state index contributed by atoms with van der Waals surface area (Å²) in [6.45, 7) is -0.00597. The number of aliphatic hydroxyl groups is 1. The molecule has 2 N–H and O–H groups in total. The number of pyridine rings is 1. The fourth-order valence-electron chi connectivity index (χ4n) is 1.12. The molecule has 0 aromatic carbocycles. The van der Waals surface area contributed by atoms with Gasteiger partial charge >= 0.3 is 0 Å². The highest BCUT2D eigenvalue weighted by Crippen LogP contribution is 2.16. The van der Waals surface area contributed by atoms with Gasteiger partial charge in [-0.1, -0.05) is 11.6 Å². The van der Waals surface area contributed by atoms with Crippen LogP contribution in [0.4, 0.5) is 0 Å². The van der Waals surface area contributed by atoms with E-state index < -0.39 is 0 Å². The molecule has 0 fully saturated rings. The van der Waals surface area contributed by atoms with Gasteiger partial charge in [-0.2, -0.15) is 0 Å². The molecule has 62 valence electrons. The Morgan fingerprint density at radius 1 is 1.50 bits per heavy atom. The molecular weight excluding hydrogens is 176 g/mol. The quantitative estimate of drug-likeness (QED) is 0.706. The van der Waals surface area contributed by atoms with Crippen molar-refractivity contribution in [2.24, 2.45) is 0 Å². The summed E-state index contributed by atoms with van der Waals surface area (Å²) in [7, 11) is 0. The summed E-state index contributed by atoms with van der Waals surface area (Å²) < 4.78 is 0. The maximum absolute atomic E-state index is 8.82. The Bertz CT molecular complexity index is 410. The van der Waals surface area contributed by atoms with Crippen LogP contribution in [0.5, 0.6) is 0 Å². The molecule has 2 aromatic heterocycles. The van der Waals surface area contributed by atoms with E-state index in [1.54, 1.807) is 18.3 Å². The summed E-state index contributed by atoms with van der Waals surface area (Å²) in [5, 5.41) is 9.41. The van der Waals surface area contributed by atoms with Crippen molar-refractivity contribution in [3.05, 3.63) is 29.0 Å². The van der Waals surface area contributed by atoms with E-state index in [-0.39, 0.29) is 6.61 Å². The first kappa shape index (κ1) is 7.58. The molecule has 0 saturated carbocycles. The number of halogens is 1. The zero-order valence-electron chi connectivity index (χ0n) is 6.21. The van der Waals surface area contributed by atoms with Crippen molar-refractivity contribution in [2.75, 3.05) is 0 Å². The van der Waals surface area contributed by atoms with Crippen molar-refractivity contribution in [1.82, 2.24) is 9.97 Å². The fraction of sp³-hybridized carbons (Fsp3) is 0.125. The summed E-state index contributed by atoms with van der Waals surface area (Å²) in [5.74, 6) is 0. The number of hydrogen-bond donors (Lipinski definition) is 2. The van der Waals surface area contributed by atoms with Crippen LogP contribution >= 0.6 is 11.6 Å². The highest BCUT2D eigenvalue weighted by atomic mass is 35.5. The Morgan fingerprint density at radius 3 is 3.08 bits per heavy atom. The second-order valence-electron chi connectivity index (χ2n) is 2.54. The van der Waals surface area contributed by atoms with Gasteiger partial charge in [0.1, 0.15) is 0 Å². The first-order chi connectivity index (χ1) is 5.79. The molecule has 0 aliphatic rings. The van der Waals surface area contributed by atoms with Crippen molar-refractivity contribution in [2.45, 2.75) is 6.61 Å². The average molecular weight is 183 g/mol. The van der Waals surface area contributed by atoms with Gasteiger partial charge in [0.05, 0.1) is 22.7 Å². The predicted molar refractivity (Wildman–Crippen MR) is 47.0 cm³/mol. The van der Waals surface area contributed by atoms with E-state index in [2.05, 4.69) is 9.97 Å². The Morgan fingerprint density at radius 2 is 2.33 bits per heavy atom. The Kier molecular flexibility index (Phi) is 1.75. The van der Waals surface area contributed by atoms with Crippen LogP contribution in [0.15, 0.2) is 18.3 Å². The molecule has 2 rings (SSSR count). The molecule has 2 heterocycles. The summed E-state index contributed by atoms with van der Waals surface area (Å²) in [6.07, 6.45) is 1.58. The van der Waals surface area contributed by atoms with Crippen LogP contribution in [0, 0.1) is 0 Å². The summed E-state index contributed by atoms with van der Waals surface area (Å²) in [5.41, 5.74) is 2.43. The molecule has 2 aromatic rings. The highest BCUT2D eigenvalue weighted by molar-refractivity contribution is 6.31. The lowest BCUT2D eigenvalue weighted by Crippen LogP contribution is -1.78. The van der Waals surface area contributed by atoms with E-state index in [4.69, 9.17) is 16.7 Å². The molecule has 12 heavy (non-hydrogen) atoms. The molecule has 0 aliphatic heterocycles. The molecule has 0 aliphatic carbocycles. The van der Waals surface area contributed by atoms with Crippen LogP contribution in [-0.4, -0.2) is 15.1 Å². The van der Waals surface area contributed by atoms with Crippen molar-refractivity contribution in [3.8, 4) is 0 Å². The third kappa shape index (κ3) is 1.17. The molecular formula is C8H7ClN2O. The van der Waals surface area contributed by atoms with Gasteiger partial charge in [-0.15, -0.1) is 0 Å². The van der Waals surface area contributed by atoms with Crippen LogP contribution in [0.25, 0.3) is 11.0 Å². The maximum atomic E-state index is 8.82. The van der Waals surface area contributed by atoms with Gasteiger partial charge in [0.15, 0.2) is 0 Å². The van der Waals surface area contributed by atoms with E-state index in [0.717, 1.165) is 16.7 Å². The van der Waals surface area contributed by atoms with Crippen molar-refractivity contribution >= 4 is 22.6 Å². The van der Waals surface area contributed by atoms with Gasteiger partial charge in [0, 0.05) is 11.9 Å². The largest absolute Gasteiger partial charge is 0.390 e. The number of nitrogens with one attached hydrogen (secondary N) is 1. The van der Waals surface area contributed by atoms with Crippen LogP contribution in [-0.2, 0) is 6.61 Å². The molecule has 4 heteroatoms. The first-order valence-electron chi connectivity index (χ1n) is 3.53. The number of aliphatic hydroxyl groups excluding tert-OH is 1. The molecule has 0 spiro atoms. The zero-order valence-corrected chi connectivity index (χ0v) is 6.97. The van der Waals surface area contributed by atoms with Crippen molar-refractivity contribution in [1.29, 1.82) is 0 Å². The highest BCUT2D eigenvalue weighted by Gasteiger charge is 2.00. The molecule has 0 amide bonds. The minimum Gasteiger partial charge on any atom is -0.390 e. The van der Waals surface area contributed by atoms with E-state index in [1.807, 2.05) is 0 Å². The number of nitrogens with zero attached hydrogens (tertiary/aromatic N) is 1. The second kappa shape index (κ2) is 2.77. The SMILES string of the molecule is OCc1cc2ncc(Cl)cc2[nH]1. The Hall–Kier alpha value is -1.06. The Labute approximate surface area is 74.0 Å². The summed E-state index contributed by atoms with van der Waals surface area (Å²) in [6, 6.07) is 3.58. The maximum Gasteiger partial charge on any atom is 0.0883 e. The minimum absolute atomic E-state index is 0.00597. The number of hydrogen-bond acceptors (Lipinski definition) is 2. The third-order valence-corrected chi connectivity index (χ3v) is 1.87. The molecule has 0 bridgehead atoms. The van der Waals surface area contributed by atoms with Crippen molar-refractivity contribution < 1.29 is 5.11 Å². The normalized spacial score (nSPS) is 10.8. The summed E-state index contributed by atoms with van der Waals surface area (Å²) in [4.78, 5) is 7.06. The summed E-state index contributed by atoms with van der Waals surface area (Å²) >= 11 is 5.73. The van der Waals surface area contributed by atoms with E-state index in [0.29, 0.717) is 5.02 Å². The minimum atomic E-state index is -0.00597. The standard InChI is InChI=1S/C8H7ClN2O/c9-5-1-8-7(10-3-5)2-6(4-12)11-8/h1-3,11-12H,4H2. The monoisotopic (exact) mass is 182 g/mol. The number of rotatable bonds is 1. The lowest BCUT2D eigenvalue weighted by Gasteiger charge is -1.88. The topological polar surface area (TPSA) is 48.9 Å². The van der Waals surface area contributed by atoms with Crippen LogP contribution in [0.1, 0.15) is 5.69 Å². The van der Waals surface area contributed by atoms with Gasteiger partial charge < -0.3 is 10.1 Å². The van der Waals surface area contributed by atoms with Crippen LogP contribution in [0.3, 0.4) is 0 Å².